The van der Waals surface area contributed by atoms with Crippen LogP contribution in [0.25, 0.3) is 10.2 Å². The topological polar surface area (TPSA) is 24.9 Å². The van der Waals surface area contributed by atoms with Gasteiger partial charge in [0, 0.05) is 22.5 Å². The van der Waals surface area contributed by atoms with Crippen LogP contribution in [0.15, 0.2) is 22.7 Å². The number of nitrogens with one attached hydrogen (secondary N) is 1. The van der Waals surface area contributed by atoms with Gasteiger partial charge >= 0.3 is 0 Å². The van der Waals surface area contributed by atoms with Gasteiger partial charge in [0.05, 0.1) is 10.2 Å². The molecule has 1 aromatic carbocycles. The molecule has 1 aliphatic carbocycles. The molecule has 1 aliphatic heterocycles. The maximum absolute atomic E-state index is 4.87. The Morgan fingerprint density at radius 2 is 2.41 bits per heavy atom. The zero-order chi connectivity index (χ0) is 11.5. The molecule has 4 rings (SSSR count). The number of benzene rings is 1. The summed E-state index contributed by atoms with van der Waals surface area (Å²) in [6.07, 6.45) is 3.92. The number of thiazole rings is 1. The molecule has 0 spiro atoms. The first-order chi connectivity index (χ1) is 8.25. The van der Waals surface area contributed by atoms with Crippen molar-refractivity contribution in [1.29, 1.82) is 0 Å². The quantitative estimate of drug-likeness (QED) is 0.873. The first kappa shape index (κ1) is 10.5. The summed E-state index contributed by atoms with van der Waals surface area (Å²) in [5.74, 6) is 0. The molecule has 1 N–H and O–H groups in total. The van der Waals surface area contributed by atoms with Crippen LogP contribution in [-0.2, 0) is 5.41 Å². The second-order valence-corrected chi connectivity index (χ2v) is 7.18. The second-order valence-electron chi connectivity index (χ2n) is 5.23. The standard InChI is InChI=1S/C13H13BrN2S/c14-8-1-2-11-10(5-8)16-12(17-11)13-4-3-9(6-13)15-7-13/h1-2,5,9,15H,3-4,6-7H2. The molecule has 1 aromatic heterocycles. The van der Waals surface area contributed by atoms with Gasteiger partial charge in [-0.25, -0.2) is 4.98 Å². The number of rotatable bonds is 1. The highest BCUT2D eigenvalue weighted by Crippen LogP contribution is 2.47. The van der Waals surface area contributed by atoms with Crippen LogP contribution in [0.2, 0.25) is 0 Å². The Balaban J connectivity index is 1.86. The van der Waals surface area contributed by atoms with Crippen LogP contribution in [-0.4, -0.2) is 17.6 Å². The first-order valence-corrected chi connectivity index (χ1v) is 7.66. The number of hydrogen-bond donors (Lipinski definition) is 1. The largest absolute Gasteiger partial charge is 0.313 e. The van der Waals surface area contributed by atoms with Crippen LogP contribution in [0.3, 0.4) is 0 Å². The minimum atomic E-state index is 0.348. The predicted molar refractivity (Wildman–Crippen MR) is 74.6 cm³/mol. The van der Waals surface area contributed by atoms with E-state index in [-0.39, 0.29) is 0 Å². The van der Waals surface area contributed by atoms with E-state index in [1.165, 1.54) is 29.0 Å². The fourth-order valence-corrected chi connectivity index (χ4v) is 4.72. The minimum absolute atomic E-state index is 0.348. The molecule has 2 unspecified atom stereocenters. The van der Waals surface area contributed by atoms with E-state index in [0.29, 0.717) is 5.41 Å². The summed E-state index contributed by atoms with van der Waals surface area (Å²) in [4.78, 5) is 4.87. The maximum atomic E-state index is 4.87. The third-order valence-corrected chi connectivity index (χ3v) is 5.92. The van der Waals surface area contributed by atoms with E-state index >= 15 is 0 Å². The van der Waals surface area contributed by atoms with Crippen molar-refractivity contribution in [3.8, 4) is 0 Å². The molecule has 0 amide bonds. The minimum Gasteiger partial charge on any atom is -0.313 e. The summed E-state index contributed by atoms with van der Waals surface area (Å²) in [6.45, 7) is 1.12. The van der Waals surface area contributed by atoms with E-state index < -0.39 is 0 Å². The van der Waals surface area contributed by atoms with Crippen molar-refractivity contribution >= 4 is 37.5 Å². The van der Waals surface area contributed by atoms with Crippen LogP contribution in [0.4, 0.5) is 0 Å². The Labute approximate surface area is 113 Å². The molecular formula is C13H13BrN2S. The highest BCUT2D eigenvalue weighted by molar-refractivity contribution is 9.10. The van der Waals surface area contributed by atoms with E-state index in [4.69, 9.17) is 4.98 Å². The lowest BCUT2D eigenvalue weighted by molar-refractivity contribution is 0.438. The molecule has 0 radical (unpaired) electrons. The summed E-state index contributed by atoms with van der Waals surface area (Å²) in [6, 6.07) is 7.15. The van der Waals surface area contributed by atoms with Gasteiger partial charge in [-0.05, 0) is 37.5 Å². The Hall–Kier alpha value is -0.450. The smallest absolute Gasteiger partial charge is 0.101 e. The number of nitrogens with zero attached hydrogens (tertiary/aromatic N) is 1. The average Bonchev–Trinajstić information content (AvgIpc) is 3.01. The summed E-state index contributed by atoms with van der Waals surface area (Å²) in [7, 11) is 0. The van der Waals surface area contributed by atoms with E-state index in [1.54, 1.807) is 0 Å². The first-order valence-electron chi connectivity index (χ1n) is 6.05. The molecule has 1 saturated carbocycles. The molecule has 2 aliphatic rings. The second kappa shape index (κ2) is 3.53. The van der Waals surface area contributed by atoms with E-state index in [0.717, 1.165) is 22.6 Å². The number of piperidine rings is 1. The Morgan fingerprint density at radius 1 is 1.47 bits per heavy atom. The zero-order valence-electron chi connectivity index (χ0n) is 9.37. The zero-order valence-corrected chi connectivity index (χ0v) is 11.8. The number of halogens is 1. The van der Waals surface area contributed by atoms with Crippen LogP contribution in [0.1, 0.15) is 24.3 Å². The van der Waals surface area contributed by atoms with Crippen LogP contribution in [0.5, 0.6) is 0 Å². The van der Waals surface area contributed by atoms with E-state index in [1.807, 2.05) is 11.3 Å². The Morgan fingerprint density at radius 3 is 3.12 bits per heavy atom. The lowest BCUT2D eigenvalue weighted by Gasteiger charge is -2.23. The summed E-state index contributed by atoms with van der Waals surface area (Å²) < 4.78 is 2.43. The van der Waals surface area contributed by atoms with E-state index in [9.17, 15) is 0 Å². The van der Waals surface area contributed by atoms with Gasteiger partial charge in [0.15, 0.2) is 0 Å². The van der Waals surface area contributed by atoms with Crippen molar-refractivity contribution in [2.24, 2.45) is 0 Å². The Kier molecular flexibility index (Phi) is 2.17. The normalized spacial score (nSPS) is 31.5. The molecule has 2 heterocycles. The number of aromatic nitrogens is 1. The van der Waals surface area contributed by atoms with Crippen molar-refractivity contribution in [3.63, 3.8) is 0 Å². The molecule has 2 bridgehead atoms. The molecular weight excluding hydrogens is 296 g/mol. The van der Waals surface area contributed by atoms with Crippen LogP contribution >= 0.6 is 27.3 Å². The fourth-order valence-electron chi connectivity index (χ4n) is 3.20. The fraction of sp³-hybridized carbons (Fsp3) is 0.462. The van der Waals surface area contributed by atoms with Gasteiger partial charge in [-0.1, -0.05) is 15.9 Å². The predicted octanol–water partition coefficient (Wildman–Crippen LogP) is 3.45. The summed E-state index contributed by atoms with van der Waals surface area (Å²) in [5, 5.41) is 4.95. The lowest BCUT2D eigenvalue weighted by atomic mass is 9.88. The lowest BCUT2D eigenvalue weighted by Crippen LogP contribution is -2.32. The molecule has 17 heavy (non-hydrogen) atoms. The molecule has 88 valence electrons. The molecule has 2 aromatic rings. The Bertz CT molecular complexity index is 584. The molecule has 2 nitrogen and oxygen atoms in total. The van der Waals surface area contributed by atoms with Crippen molar-refractivity contribution in [2.75, 3.05) is 6.54 Å². The van der Waals surface area contributed by atoms with Gasteiger partial charge in [0.2, 0.25) is 0 Å². The molecule has 1 saturated heterocycles. The maximum Gasteiger partial charge on any atom is 0.101 e. The number of fused-ring (bicyclic) bond motifs is 3. The monoisotopic (exact) mass is 308 g/mol. The highest BCUT2D eigenvalue weighted by Gasteiger charge is 2.47. The molecule has 4 heteroatoms. The van der Waals surface area contributed by atoms with Gasteiger partial charge in [-0.15, -0.1) is 11.3 Å². The third kappa shape index (κ3) is 1.51. The average molecular weight is 309 g/mol. The van der Waals surface area contributed by atoms with E-state index in [2.05, 4.69) is 39.4 Å². The highest BCUT2D eigenvalue weighted by atomic mass is 79.9. The van der Waals surface area contributed by atoms with Crippen molar-refractivity contribution < 1.29 is 0 Å². The SMILES string of the molecule is Brc1ccc2sc(C34CCC(C3)NC4)nc2c1. The van der Waals surface area contributed by atoms with Gasteiger partial charge in [-0.3, -0.25) is 0 Å². The summed E-state index contributed by atoms with van der Waals surface area (Å²) >= 11 is 5.40. The van der Waals surface area contributed by atoms with Crippen molar-refractivity contribution in [1.82, 2.24) is 10.3 Å². The van der Waals surface area contributed by atoms with Gasteiger partial charge in [0.1, 0.15) is 5.01 Å². The third-order valence-electron chi connectivity index (χ3n) is 4.14. The summed E-state index contributed by atoms with van der Waals surface area (Å²) in [5.41, 5.74) is 1.49. The van der Waals surface area contributed by atoms with Crippen LogP contribution < -0.4 is 5.32 Å². The number of hydrogen-bond acceptors (Lipinski definition) is 3. The van der Waals surface area contributed by atoms with Crippen molar-refractivity contribution in [2.45, 2.75) is 30.7 Å². The van der Waals surface area contributed by atoms with Gasteiger partial charge in [0.25, 0.3) is 0 Å². The molecule has 2 atom stereocenters. The van der Waals surface area contributed by atoms with Gasteiger partial charge < -0.3 is 5.32 Å². The van der Waals surface area contributed by atoms with Crippen molar-refractivity contribution in [3.05, 3.63) is 27.7 Å². The van der Waals surface area contributed by atoms with Gasteiger partial charge in [-0.2, -0.15) is 0 Å². The molecule has 2 fully saturated rings. The van der Waals surface area contributed by atoms with Crippen LogP contribution in [0, 0.1) is 0 Å².